The van der Waals surface area contributed by atoms with Gasteiger partial charge in [0, 0.05) is 25.6 Å². The Morgan fingerprint density at radius 2 is 2.29 bits per heavy atom. The molecular formula is C18H26N2O3S. The molecule has 0 saturated carbocycles. The van der Waals surface area contributed by atoms with Crippen LogP contribution in [0.25, 0.3) is 0 Å². The third-order valence-corrected chi connectivity index (χ3v) is 6.25. The fourth-order valence-electron chi connectivity index (χ4n) is 4.22. The lowest BCUT2D eigenvalue weighted by Gasteiger charge is -2.35. The largest absolute Gasteiger partial charge is 0.377 e. The molecule has 3 saturated heterocycles. The first-order valence-electron chi connectivity index (χ1n) is 9.08. The molecule has 5 nitrogen and oxygen atoms in total. The SMILES string of the molecule is O=C(C[C@@H]1OC[C@@H]2CN(Cc3ccsc3)CC[C@@H]21)N1CCCCO1. The Morgan fingerprint density at radius 1 is 1.33 bits per heavy atom. The number of piperidine rings is 1. The number of hydrogen-bond donors (Lipinski definition) is 0. The van der Waals surface area contributed by atoms with E-state index >= 15 is 0 Å². The number of thiophene rings is 1. The number of carbonyl (C=O) groups is 1. The average molecular weight is 350 g/mol. The summed E-state index contributed by atoms with van der Waals surface area (Å²) in [7, 11) is 0. The van der Waals surface area contributed by atoms with Crippen molar-refractivity contribution >= 4 is 17.2 Å². The van der Waals surface area contributed by atoms with Crippen LogP contribution in [-0.4, -0.2) is 54.8 Å². The Labute approximate surface area is 147 Å². The van der Waals surface area contributed by atoms with Crippen molar-refractivity contribution in [3.63, 3.8) is 0 Å². The smallest absolute Gasteiger partial charge is 0.248 e. The van der Waals surface area contributed by atoms with Crippen LogP contribution in [0.5, 0.6) is 0 Å². The van der Waals surface area contributed by atoms with Gasteiger partial charge in [-0.1, -0.05) is 0 Å². The summed E-state index contributed by atoms with van der Waals surface area (Å²) in [5.74, 6) is 1.19. The van der Waals surface area contributed by atoms with Gasteiger partial charge in [-0.3, -0.25) is 14.5 Å². The van der Waals surface area contributed by atoms with E-state index < -0.39 is 0 Å². The number of carbonyl (C=O) groups excluding carboxylic acids is 1. The third kappa shape index (κ3) is 3.67. The zero-order valence-corrected chi connectivity index (χ0v) is 14.9. The molecule has 0 unspecified atom stereocenters. The minimum absolute atomic E-state index is 0.0799. The van der Waals surface area contributed by atoms with Crippen LogP contribution < -0.4 is 0 Å². The van der Waals surface area contributed by atoms with Crippen molar-refractivity contribution in [2.75, 3.05) is 32.8 Å². The molecule has 6 heteroatoms. The molecule has 0 bridgehead atoms. The first-order valence-corrected chi connectivity index (χ1v) is 10.0. The van der Waals surface area contributed by atoms with Crippen LogP contribution in [0.1, 0.15) is 31.2 Å². The highest BCUT2D eigenvalue weighted by Gasteiger charge is 2.42. The molecule has 0 N–H and O–H groups in total. The van der Waals surface area contributed by atoms with Gasteiger partial charge in [0.15, 0.2) is 0 Å². The highest BCUT2D eigenvalue weighted by molar-refractivity contribution is 7.07. The fourth-order valence-corrected chi connectivity index (χ4v) is 4.88. The second-order valence-corrected chi connectivity index (χ2v) is 7.97. The Morgan fingerprint density at radius 3 is 3.08 bits per heavy atom. The van der Waals surface area contributed by atoms with Crippen molar-refractivity contribution < 1.29 is 14.4 Å². The number of amides is 1. The van der Waals surface area contributed by atoms with E-state index in [1.54, 1.807) is 16.4 Å². The average Bonchev–Trinajstić information content (AvgIpc) is 3.26. The standard InChI is InChI=1S/C18H26N2O3S/c21-18(20-5-1-2-7-23-20)9-17-16-3-6-19(11-15(16)12-22-17)10-14-4-8-24-13-14/h4,8,13,15-17H,1-3,5-7,9-12H2/t15-,16-,17-/m0/s1. The second-order valence-electron chi connectivity index (χ2n) is 7.19. The molecule has 1 aromatic heterocycles. The predicted octanol–water partition coefficient (Wildman–Crippen LogP) is 2.53. The number of ether oxygens (including phenoxy) is 1. The number of fused-ring (bicyclic) bond motifs is 1. The van der Waals surface area contributed by atoms with E-state index in [-0.39, 0.29) is 12.0 Å². The van der Waals surface area contributed by atoms with E-state index in [4.69, 9.17) is 9.57 Å². The third-order valence-electron chi connectivity index (χ3n) is 5.52. The van der Waals surface area contributed by atoms with E-state index in [2.05, 4.69) is 21.7 Å². The minimum Gasteiger partial charge on any atom is -0.377 e. The molecule has 3 fully saturated rings. The van der Waals surface area contributed by atoms with Gasteiger partial charge >= 0.3 is 0 Å². The maximum Gasteiger partial charge on any atom is 0.248 e. The monoisotopic (exact) mass is 350 g/mol. The lowest BCUT2D eigenvalue weighted by atomic mass is 9.83. The zero-order chi connectivity index (χ0) is 16.4. The molecule has 3 aliphatic rings. The summed E-state index contributed by atoms with van der Waals surface area (Å²) in [5.41, 5.74) is 1.41. The molecule has 0 aliphatic carbocycles. The fraction of sp³-hybridized carbons (Fsp3) is 0.722. The van der Waals surface area contributed by atoms with Crippen LogP contribution in [0, 0.1) is 11.8 Å². The van der Waals surface area contributed by atoms with E-state index in [1.807, 2.05) is 0 Å². The Hall–Kier alpha value is -0.950. The molecule has 0 aromatic carbocycles. The number of rotatable bonds is 4. The number of hydroxylamine groups is 2. The summed E-state index contributed by atoms with van der Waals surface area (Å²) in [4.78, 5) is 20.4. The van der Waals surface area contributed by atoms with Crippen LogP contribution in [0.3, 0.4) is 0 Å². The van der Waals surface area contributed by atoms with Crippen molar-refractivity contribution in [2.45, 2.75) is 38.3 Å². The Balaban J connectivity index is 1.29. The van der Waals surface area contributed by atoms with Gasteiger partial charge in [0.05, 0.1) is 25.7 Å². The molecule has 4 heterocycles. The summed E-state index contributed by atoms with van der Waals surface area (Å²) >= 11 is 1.76. The molecule has 1 aromatic rings. The predicted molar refractivity (Wildman–Crippen MR) is 92.4 cm³/mol. The van der Waals surface area contributed by atoms with Crippen LogP contribution in [-0.2, 0) is 20.9 Å². The summed E-state index contributed by atoms with van der Waals surface area (Å²) in [6, 6.07) is 2.21. The van der Waals surface area contributed by atoms with Crippen molar-refractivity contribution in [2.24, 2.45) is 11.8 Å². The van der Waals surface area contributed by atoms with Gasteiger partial charge in [-0.25, -0.2) is 5.06 Å². The second kappa shape index (κ2) is 7.52. The summed E-state index contributed by atoms with van der Waals surface area (Å²) < 4.78 is 6.02. The number of nitrogens with zero attached hydrogens (tertiary/aromatic N) is 2. The van der Waals surface area contributed by atoms with E-state index in [1.165, 1.54) is 5.56 Å². The molecule has 3 aliphatic heterocycles. The van der Waals surface area contributed by atoms with Crippen molar-refractivity contribution in [1.82, 2.24) is 9.96 Å². The molecule has 4 rings (SSSR count). The first kappa shape index (κ1) is 16.5. The number of hydrogen-bond acceptors (Lipinski definition) is 5. The van der Waals surface area contributed by atoms with Gasteiger partial charge in [-0.2, -0.15) is 11.3 Å². The maximum atomic E-state index is 12.4. The maximum absolute atomic E-state index is 12.4. The molecule has 0 radical (unpaired) electrons. The van der Waals surface area contributed by atoms with Gasteiger partial charge in [0.2, 0.25) is 5.91 Å². The van der Waals surface area contributed by atoms with Gasteiger partial charge < -0.3 is 4.74 Å². The van der Waals surface area contributed by atoms with Gasteiger partial charge in [0.1, 0.15) is 0 Å². The van der Waals surface area contributed by atoms with E-state index in [0.29, 0.717) is 24.9 Å². The topological polar surface area (TPSA) is 42.0 Å². The summed E-state index contributed by atoms with van der Waals surface area (Å²) in [5, 5.41) is 5.94. The molecule has 132 valence electrons. The van der Waals surface area contributed by atoms with Crippen molar-refractivity contribution in [1.29, 1.82) is 0 Å². The number of likely N-dealkylation sites (tertiary alicyclic amines) is 1. The highest BCUT2D eigenvalue weighted by atomic mass is 32.1. The molecule has 0 spiro atoms. The summed E-state index contributed by atoms with van der Waals surface area (Å²) in [6.45, 7) is 5.42. The van der Waals surface area contributed by atoms with Crippen LogP contribution in [0.4, 0.5) is 0 Å². The highest BCUT2D eigenvalue weighted by Crippen LogP contribution is 2.36. The quantitative estimate of drug-likeness (QED) is 0.837. The van der Waals surface area contributed by atoms with Crippen LogP contribution >= 0.6 is 11.3 Å². The van der Waals surface area contributed by atoms with Gasteiger partial charge in [0.25, 0.3) is 0 Å². The Kier molecular flexibility index (Phi) is 5.17. The Bertz CT molecular complexity index is 544. The minimum atomic E-state index is 0.0799. The zero-order valence-electron chi connectivity index (χ0n) is 14.1. The van der Waals surface area contributed by atoms with Crippen molar-refractivity contribution in [3.05, 3.63) is 22.4 Å². The van der Waals surface area contributed by atoms with Gasteiger partial charge in [-0.05, 0) is 54.1 Å². The lowest BCUT2D eigenvalue weighted by Crippen LogP contribution is -2.42. The van der Waals surface area contributed by atoms with Gasteiger partial charge in [-0.15, -0.1) is 0 Å². The van der Waals surface area contributed by atoms with E-state index in [0.717, 1.165) is 52.0 Å². The first-order chi connectivity index (χ1) is 11.8. The normalized spacial score (nSPS) is 31.2. The van der Waals surface area contributed by atoms with Crippen LogP contribution in [0.15, 0.2) is 16.8 Å². The molecule has 24 heavy (non-hydrogen) atoms. The van der Waals surface area contributed by atoms with Crippen LogP contribution in [0.2, 0.25) is 0 Å². The summed E-state index contributed by atoms with van der Waals surface area (Å²) in [6.07, 6.45) is 3.78. The molecule has 1 amide bonds. The lowest BCUT2D eigenvalue weighted by molar-refractivity contribution is -0.199. The van der Waals surface area contributed by atoms with E-state index in [9.17, 15) is 4.79 Å². The molecule has 3 atom stereocenters. The van der Waals surface area contributed by atoms with Crippen molar-refractivity contribution in [3.8, 4) is 0 Å². The molecular weight excluding hydrogens is 324 g/mol.